The number of hydrogen-bond donors (Lipinski definition) is 5. The number of aliphatic hydroxyl groups is 1. The number of benzene rings is 1. The summed E-state index contributed by atoms with van der Waals surface area (Å²) >= 11 is 0. The fraction of sp³-hybridized carbons (Fsp3) is 0.583. The molecule has 0 bridgehead atoms. The monoisotopic (exact) mass is 543 g/mol. The summed E-state index contributed by atoms with van der Waals surface area (Å²) in [5.74, 6) is -8.12. The Morgan fingerprint density at radius 3 is 2.13 bits per heavy atom. The maximum atomic E-state index is 12.5. The lowest BCUT2D eigenvalue weighted by Crippen LogP contribution is -2.54. The van der Waals surface area contributed by atoms with E-state index in [4.69, 9.17) is 29.4 Å². The molecule has 1 fully saturated rings. The van der Waals surface area contributed by atoms with Gasteiger partial charge in [-0.15, -0.1) is 0 Å². The van der Waals surface area contributed by atoms with Crippen molar-refractivity contribution < 1.29 is 63.3 Å². The molecule has 5 atom stereocenters. The number of nitrogens with two attached hydrogens (primary N) is 1. The summed E-state index contributed by atoms with van der Waals surface area (Å²) in [5.41, 5.74) is 5.63. The van der Waals surface area contributed by atoms with Gasteiger partial charge in [0.05, 0.1) is 39.8 Å². The highest BCUT2D eigenvalue weighted by Crippen LogP contribution is 2.43. The number of aliphatic carboxylic acids is 3. The zero-order chi connectivity index (χ0) is 28.2. The summed E-state index contributed by atoms with van der Waals surface area (Å²) in [7, 11) is 1.05. The fourth-order valence-electron chi connectivity index (χ4n) is 4.36. The molecule has 1 aromatic carbocycles. The second-order valence-electron chi connectivity index (χ2n) is 8.53. The van der Waals surface area contributed by atoms with Crippen LogP contribution in [0.2, 0.25) is 0 Å². The molecule has 1 aliphatic heterocycles. The fourth-order valence-corrected chi connectivity index (χ4v) is 4.36. The average molecular weight is 544 g/mol. The molecule has 6 N–H and O–H groups in total. The molecule has 0 radical (unpaired) electrons. The number of rotatable bonds is 16. The average Bonchev–Trinajstić information content (AvgIpc) is 2.86. The van der Waals surface area contributed by atoms with Crippen LogP contribution in [0.4, 0.5) is 0 Å². The van der Waals surface area contributed by atoms with Crippen molar-refractivity contribution in [1.82, 2.24) is 0 Å². The van der Waals surface area contributed by atoms with E-state index in [1.807, 2.05) is 0 Å². The molecule has 1 saturated heterocycles. The minimum absolute atomic E-state index is 0.0302. The van der Waals surface area contributed by atoms with Gasteiger partial charge in [0, 0.05) is 36.4 Å². The first-order valence-electron chi connectivity index (χ1n) is 11.8. The Kier molecular flexibility index (Phi) is 12.2. The summed E-state index contributed by atoms with van der Waals surface area (Å²) in [4.78, 5) is 47.5. The van der Waals surface area contributed by atoms with E-state index in [0.717, 1.165) is 7.11 Å². The van der Waals surface area contributed by atoms with E-state index < -0.39 is 79.9 Å². The van der Waals surface area contributed by atoms with Gasteiger partial charge in [-0.2, -0.15) is 0 Å². The van der Waals surface area contributed by atoms with Crippen LogP contribution in [0.1, 0.15) is 24.8 Å². The summed E-state index contributed by atoms with van der Waals surface area (Å²) in [5, 5.41) is 38.3. The molecular weight excluding hydrogens is 510 g/mol. The molecule has 14 nitrogen and oxygen atoms in total. The third-order valence-corrected chi connectivity index (χ3v) is 5.99. The van der Waals surface area contributed by atoms with Crippen molar-refractivity contribution in [2.75, 3.05) is 33.5 Å². The molecule has 2 rings (SSSR count). The maximum Gasteiger partial charge on any atom is 0.335 e. The molecule has 0 aromatic heterocycles. The third kappa shape index (κ3) is 8.83. The Labute approximate surface area is 218 Å². The topological polar surface area (TPSA) is 221 Å². The highest BCUT2D eigenvalue weighted by molar-refractivity contribution is 5.77. The summed E-state index contributed by atoms with van der Waals surface area (Å²) < 4.78 is 27.3. The van der Waals surface area contributed by atoms with Crippen LogP contribution in [-0.2, 0) is 40.0 Å². The van der Waals surface area contributed by atoms with Crippen LogP contribution < -0.4 is 15.2 Å². The van der Waals surface area contributed by atoms with Crippen LogP contribution >= 0.6 is 0 Å². The smallest absolute Gasteiger partial charge is 0.335 e. The summed E-state index contributed by atoms with van der Waals surface area (Å²) in [6.45, 7) is 0.648. The van der Waals surface area contributed by atoms with E-state index in [2.05, 4.69) is 0 Å². The molecule has 0 aliphatic carbocycles. The Hall–Kier alpha value is -3.46. The number of carboxylic acids is 3. The Bertz CT molecular complexity index is 969. The van der Waals surface area contributed by atoms with E-state index in [1.54, 1.807) is 6.07 Å². The number of carboxylic acid groups (broad SMARTS) is 3. The Morgan fingerprint density at radius 2 is 1.55 bits per heavy atom. The van der Waals surface area contributed by atoms with E-state index >= 15 is 0 Å². The van der Waals surface area contributed by atoms with Gasteiger partial charge in [0.1, 0.15) is 18.1 Å². The van der Waals surface area contributed by atoms with Crippen molar-refractivity contribution in [3.63, 3.8) is 0 Å². The van der Waals surface area contributed by atoms with Crippen LogP contribution in [-0.4, -0.2) is 90.2 Å². The number of hydrogen-bond acceptors (Lipinski definition) is 11. The first-order chi connectivity index (χ1) is 18.1. The van der Waals surface area contributed by atoms with E-state index in [9.17, 15) is 39.6 Å². The highest BCUT2D eigenvalue weighted by Gasteiger charge is 2.51. The van der Waals surface area contributed by atoms with Gasteiger partial charge in [0.2, 0.25) is 6.29 Å². The quantitative estimate of drug-likeness (QED) is 0.138. The molecule has 212 valence electrons. The zero-order valence-corrected chi connectivity index (χ0v) is 20.8. The van der Waals surface area contributed by atoms with Crippen LogP contribution in [0.15, 0.2) is 18.2 Å². The summed E-state index contributed by atoms with van der Waals surface area (Å²) in [6.07, 6.45) is -5.01. The van der Waals surface area contributed by atoms with Gasteiger partial charge in [-0.3, -0.25) is 14.4 Å². The zero-order valence-electron chi connectivity index (χ0n) is 20.8. The predicted molar refractivity (Wildman–Crippen MR) is 126 cm³/mol. The lowest BCUT2D eigenvalue weighted by molar-refractivity contribution is -0.233. The number of carbonyl (C=O) groups is 4. The SMILES string of the molecule is COC(=O)[C@H]1O[C@@H](Oc2cc(OCCOCCN)ccc2CO)[C@H](CC(=O)O)[C@@H](CC(=O)O)[C@@H]1CC(=O)O. The first kappa shape index (κ1) is 30.8. The van der Waals surface area contributed by atoms with Gasteiger partial charge in [0.15, 0.2) is 6.10 Å². The van der Waals surface area contributed by atoms with Gasteiger partial charge >= 0.3 is 23.9 Å². The van der Waals surface area contributed by atoms with Crippen molar-refractivity contribution in [2.24, 2.45) is 23.5 Å². The largest absolute Gasteiger partial charge is 0.491 e. The van der Waals surface area contributed by atoms with E-state index in [0.29, 0.717) is 18.9 Å². The van der Waals surface area contributed by atoms with Crippen LogP contribution in [0.3, 0.4) is 0 Å². The van der Waals surface area contributed by atoms with Gasteiger partial charge in [-0.05, 0) is 18.1 Å². The van der Waals surface area contributed by atoms with E-state index in [1.165, 1.54) is 12.1 Å². The molecule has 14 heteroatoms. The highest BCUT2D eigenvalue weighted by atomic mass is 16.7. The lowest BCUT2D eigenvalue weighted by atomic mass is 9.71. The molecule has 0 saturated carbocycles. The molecule has 1 heterocycles. The van der Waals surface area contributed by atoms with Crippen LogP contribution in [0.25, 0.3) is 0 Å². The van der Waals surface area contributed by atoms with Crippen molar-refractivity contribution >= 4 is 23.9 Å². The van der Waals surface area contributed by atoms with Crippen molar-refractivity contribution in [2.45, 2.75) is 38.3 Å². The second-order valence-corrected chi connectivity index (χ2v) is 8.53. The number of aliphatic hydroxyl groups excluding tert-OH is 1. The van der Waals surface area contributed by atoms with Gasteiger partial charge in [-0.25, -0.2) is 4.79 Å². The first-order valence-corrected chi connectivity index (χ1v) is 11.8. The molecule has 38 heavy (non-hydrogen) atoms. The Morgan fingerprint density at radius 1 is 0.921 bits per heavy atom. The van der Waals surface area contributed by atoms with Gasteiger partial charge in [-0.1, -0.05) is 0 Å². The number of esters is 1. The lowest BCUT2D eigenvalue weighted by Gasteiger charge is -2.44. The van der Waals surface area contributed by atoms with E-state index in [-0.39, 0.29) is 24.5 Å². The number of ether oxygens (including phenoxy) is 5. The van der Waals surface area contributed by atoms with Crippen LogP contribution in [0.5, 0.6) is 11.5 Å². The molecule has 1 aromatic rings. The predicted octanol–water partition coefficient (Wildman–Crippen LogP) is 0.0824. The molecule has 0 unspecified atom stereocenters. The third-order valence-electron chi connectivity index (χ3n) is 5.99. The molecular formula is C24H33NO13. The second kappa shape index (κ2) is 15.1. The number of methoxy groups -OCH3 is 1. The number of carbonyl (C=O) groups excluding carboxylic acids is 1. The minimum Gasteiger partial charge on any atom is -0.491 e. The normalized spacial score (nSPS) is 22.9. The van der Waals surface area contributed by atoms with Crippen molar-refractivity contribution in [1.29, 1.82) is 0 Å². The van der Waals surface area contributed by atoms with Gasteiger partial charge in [0.25, 0.3) is 0 Å². The van der Waals surface area contributed by atoms with Gasteiger partial charge < -0.3 is 49.8 Å². The van der Waals surface area contributed by atoms with Crippen molar-refractivity contribution in [3.8, 4) is 11.5 Å². The van der Waals surface area contributed by atoms with Crippen LogP contribution in [0, 0.1) is 17.8 Å². The molecule has 1 aliphatic rings. The Balaban J connectivity index is 2.44. The molecule has 0 spiro atoms. The minimum atomic E-state index is -1.55. The summed E-state index contributed by atoms with van der Waals surface area (Å²) in [6, 6.07) is 4.48. The molecule has 0 amide bonds. The maximum absolute atomic E-state index is 12.5. The van der Waals surface area contributed by atoms with Crippen molar-refractivity contribution in [3.05, 3.63) is 23.8 Å². The standard InChI is InChI=1S/C24H33NO13/c1-34-23(33)22-16(10-20(29)30)15(9-19(27)28)17(11-21(31)32)24(38-22)37-18-8-14(3-2-13(18)12-26)36-7-6-35-5-4-25/h2-3,8,15-17,22,24,26H,4-7,9-12,25H2,1H3,(H,27,28)(H,29,30)(H,31,32)/t15-,16-,17+,22-,24+/m0/s1.